The van der Waals surface area contributed by atoms with E-state index in [4.69, 9.17) is 0 Å². The fraction of sp³-hybridized carbons (Fsp3) is 0.632. The highest BCUT2D eigenvalue weighted by Gasteiger charge is 2.15. The highest BCUT2D eigenvalue weighted by atomic mass is 32.1. The molecule has 0 atom stereocenters. The van der Waals surface area contributed by atoms with Gasteiger partial charge in [0.2, 0.25) is 0 Å². The van der Waals surface area contributed by atoms with Crippen LogP contribution in [0.15, 0.2) is 18.5 Å². The largest absolute Gasteiger partial charge is 0.351 e. The summed E-state index contributed by atoms with van der Waals surface area (Å²) >= 11 is 1.59. The maximum absolute atomic E-state index is 12.3. The summed E-state index contributed by atoms with van der Waals surface area (Å²) in [7, 11) is 0. The van der Waals surface area contributed by atoms with Gasteiger partial charge in [0.15, 0.2) is 0 Å². The molecule has 0 bridgehead atoms. The van der Waals surface area contributed by atoms with Crippen molar-refractivity contribution < 1.29 is 4.79 Å². The Kier molecular flexibility index (Phi) is 5.61. The molecule has 1 aliphatic heterocycles. The third-order valence-electron chi connectivity index (χ3n) is 4.98. The van der Waals surface area contributed by atoms with E-state index >= 15 is 0 Å². The second-order valence-electron chi connectivity index (χ2n) is 7.36. The normalized spacial score (nSPS) is 17.0. The molecule has 0 aliphatic carbocycles. The van der Waals surface area contributed by atoms with Crippen LogP contribution in [0.25, 0.3) is 10.1 Å². The minimum absolute atomic E-state index is 0.0690. The van der Waals surface area contributed by atoms with E-state index < -0.39 is 0 Å². The number of carbonyl (C=O) groups is 1. The number of amides is 1. The lowest BCUT2D eigenvalue weighted by Crippen LogP contribution is -2.35. The molecule has 0 saturated carbocycles. The number of hydrogen-bond acceptors (Lipinski definition) is 3. The molecule has 24 heavy (non-hydrogen) atoms. The summed E-state index contributed by atoms with van der Waals surface area (Å²) in [6.07, 6.45) is 7.93. The summed E-state index contributed by atoms with van der Waals surface area (Å²) in [5.74, 6) is 0.946. The smallest absolute Gasteiger partial charge is 0.261 e. The molecule has 1 N–H and O–H groups in total. The maximum Gasteiger partial charge on any atom is 0.261 e. The van der Waals surface area contributed by atoms with Gasteiger partial charge < -0.3 is 14.8 Å². The molecular weight excluding hydrogens is 318 g/mol. The number of fused-ring (bicyclic) bond motifs is 1. The van der Waals surface area contributed by atoms with Crippen LogP contribution in [0.1, 0.15) is 55.7 Å². The van der Waals surface area contributed by atoms with E-state index in [1.165, 1.54) is 36.0 Å². The molecule has 1 aliphatic rings. The highest BCUT2D eigenvalue weighted by Crippen LogP contribution is 2.28. The van der Waals surface area contributed by atoms with Gasteiger partial charge in [-0.05, 0) is 64.7 Å². The number of nitrogens with one attached hydrogen (secondary N) is 1. The molecule has 2 aromatic rings. The van der Waals surface area contributed by atoms with Crippen LogP contribution in [-0.2, 0) is 0 Å². The van der Waals surface area contributed by atoms with Crippen LogP contribution in [0.3, 0.4) is 0 Å². The summed E-state index contributed by atoms with van der Waals surface area (Å²) in [5, 5.41) is 4.24. The molecule has 4 nitrogen and oxygen atoms in total. The first kappa shape index (κ1) is 17.5. The Labute approximate surface area is 148 Å². The molecule has 3 heterocycles. The summed E-state index contributed by atoms with van der Waals surface area (Å²) in [4.78, 5) is 15.7. The molecule has 3 rings (SSSR count). The van der Waals surface area contributed by atoms with E-state index in [0.29, 0.717) is 6.04 Å². The van der Waals surface area contributed by atoms with Gasteiger partial charge in [0, 0.05) is 30.4 Å². The zero-order valence-corrected chi connectivity index (χ0v) is 15.9. The summed E-state index contributed by atoms with van der Waals surface area (Å²) in [6.45, 7) is 11.0. The van der Waals surface area contributed by atoms with Gasteiger partial charge in [0.1, 0.15) is 0 Å². The number of piperidine rings is 1. The van der Waals surface area contributed by atoms with Gasteiger partial charge in [-0.15, -0.1) is 11.3 Å². The van der Waals surface area contributed by atoms with Crippen molar-refractivity contribution in [3.05, 3.63) is 23.3 Å². The van der Waals surface area contributed by atoms with Crippen molar-refractivity contribution in [2.24, 2.45) is 5.92 Å². The van der Waals surface area contributed by atoms with Crippen LogP contribution in [0.5, 0.6) is 0 Å². The van der Waals surface area contributed by atoms with Crippen molar-refractivity contribution in [1.82, 2.24) is 14.8 Å². The number of carbonyl (C=O) groups excluding carboxylic acids is 1. The fourth-order valence-corrected chi connectivity index (χ4v) is 4.23. The monoisotopic (exact) mass is 347 g/mol. The second-order valence-corrected chi connectivity index (χ2v) is 8.45. The third kappa shape index (κ3) is 4.19. The average molecular weight is 348 g/mol. The molecule has 1 fully saturated rings. The van der Waals surface area contributed by atoms with E-state index in [9.17, 15) is 4.79 Å². The van der Waals surface area contributed by atoms with Crippen LogP contribution in [0.2, 0.25) is 0 Å². The summed E-state index contributed by atoms with van der Waals surface area (Å²) in [6, 6.07) is 2.47. The van der Waals surface area contributed by atoms with Gasteiger partial charge in [-0.25, -0.2) is 0 Å². The Morgan fingerprint density at radius 2 is 2.08 bits per heavy atom. The van der Waals surface area contributed by atoms with Gasteiger partial charge >= 0.3 is 0 Å². The third-order valence-corrected chi connectivity index (χ3v) is 6.06. The van der Waals surface area contributed by atoms with Crippen molar-refractivity contribution in [1.29, 1.82) is 0 Å². The van der Waals surface area contributed by atoms with Crippen molar-refractivity contribution in [2.75, 3.05) is 26.2 Å². The first-order valence-electron chi connectivity index (χ1n) is 9.14. The second kappa shape index (κ2) is 7.70. The zero-order valence-electron chi connectivity index (χ0n) is 15.0. The molecule has 2 aromatic heterocycles. The Hall–Kier alpha value is -1.33. The lowest BCUT2D eigenvalue weighted by Gasteiger charge is -2.30. The number of aromatic nitrogens is 1. The van der Waals surface area contributed by atoms with Crippen LogP contribution in [0, 0.1) is 5.92 Å². The molecular formula is C19H29N3OS. The van der Waals surface area contributed by atoms with E-state index in [1.54, 1.807) is 11.3 Å². The number of rotatable bonds is 6. The molecule has 0 unspecified atom stereocenters. The Morgan fingerprint density at radius 3 is 2.75 bits per heavy atom. The van der Waals surface area contributed by atoms with Crippen molar-refractivity contribution in [3.63, 3.8) is 0 Å². The molecule has 5 heteroatoms. The van der Waals surface area contributed by atoms with Crippen molar-refractivity contribution in [2.45, 2.75) is 46.1 Å². The number of thiophene rings is 1. The minimum atomic E-state index is 0.0690. The van der Waals surface area contributed by atoms with Crippen LogP contribution >= 0.6 is 11.3 Å². The van der Waals surface area contributed by atoms with Gasteiger partial charge in [0.05, 0.1) is 9.58 Å². The number of nitrogens with zero attached hydrogens (tertiary/aromatic N) is 2. The van der Waals surface area contributed by atoms with E-state index in [0.717, 1.165) is 30.3 Å². The lowest BCUT2D eigenvalue weighted by atomic mass is 9.99. The summed E-state index contributed by atoms with van der Waals surface area (Å²) < 4.78 is 3.39. The molecule has 132 valence electrons. The molecule has 0 aromatic carbocycles. The zero-order chi connectivity index (χ0) is 17.1. The highest BCUT2D eigenvalue weighted by molar-refractivity contribution is 7.20. The Bertz CT molecular complexity index is 648. The number of hydrogen-bond donors (Lipinski definition) is 1. The SMILES string of the molecule is CC1CCN(CCCNC(=O)c2cc3cn(C(C)C)cc3s2)CC1. The van der Waals surface area contributed by atoms with Crippen molar-refractivity contribution >= 4 is 27.3 Å². The molecule has 0 spiro atoms. The molecule has 1 amide bonds. The van der Waals surface area contributed by atoms with E-state index in [2.05, 4.69) is 47.9 Å². The summed E-state index contributed by atoms with van der Waals surface area (Å²) in [5.41, 5.74) is 0. The Morgan fingerprint density at radius 1 is 1.33 bits per heavy atom. The maximum atomic E-state index is 12.3. The number of likely N-dealkylation sites (tertiary alicyclic amines) is 1. The van der Waals surface area contributed by atoms with Crippen LogP contribution in [-0.4, -0.2) is 41.6 Å². The minimum Gasteiger partial charge on any atom is -0.351 e. The van der Waals surface area contributed by atoms with Crippen LogP contribution < -0.4 is 5.32 Å². The van der Waals surface area contributed by atoms with E-state index in [-0.39, 0.29) is 5.91 Å². The van der Waals surface area contributed by atoms with Gasteiger partial charge in [-0.1, -0.05) is 6.92 Å². The first-order chi connectivity index (χ1) is 11.5. The molecule has 0 radical (unpaired) electrons. The van der Waals surface area contributed by atoms with Gasteiger partial charge in [0.25, 0.3) is 5.91 Å². The standard InChI is InChI=1S/C19H29N3OS/c1-14(2)22-12-16-11-17(24-18(16)13-22)19(23)20-7-4-8-21-9-5-15(3)6-10-21/h11-15H,4-10H2,1-3H3,(H,20,23). The topological polar surface area (TPSA) is 37.3 Å². The van der Waals surface area contributed by atoms with E-state index in [1.807, 2.05) is 6.07 Å². The predicted octanol–water partition coefficient (Wildman–Crippen LogP) is 4.14. The van der Waals surface area contributed by atoms with Crippen LogP contribution in [0.4, 0.5) is 0 Å². The quantitative estimate of drug-likeness (QED) is 0.798. The molecule has 1 saturated heterocycles. The lowest BCUT2D eigenvalue weighted by molar-refractivity contribution is 0.0954. The van der Waals surface area contributed by atoms with Gasteiger partial charge in [-0.3, -0.25) is 4.79 Å². The van der Waals surface area contributed by atoms with Gasteiger partial charge in [-0.2, -0.15) is 0 Å². The predicted molar refractivity (Wildman–Crippen MR) is 102 cm³/mol. The Balaban J connectivity index is 1.44. The van der Waals surface area contributed by atoms with Crippen molar-refractivity contribution in [3.8, 4) is 0 Å². The fourth-order valence-electron chi connectivity index (χ4n) is 3.24. The average Bonchev–Trinajstić information content (AvgIpc) is 3.12. The first-order valence-corrected chi connectivity index (χ1v) is 9.96.